The van der Waals surface area contributed by atoms with Crippen LogP contribution in [0.4, 0.5) is 0 Å². The lowest BCUT2D eigenvalue weighted by molar-refractivity contribution is -0.146. The molecule has 0 saturated heterocycles. The van der Waals surface area contributed by atoms with Gasteiger partial charge in [-0.2, -0.15) is 0 Å². The Labute approximate surface area is 102 Å². The van der Waals surface area contributed by atoms with E-state index in [9.17, 15) is 9.59 Å². The molecular weight excluding hydrogens is 230 g/mol. The van der Waals surface area contributed by atoms with Gasteiger partial charge in [0, 0.05) is 12.3 Å². The van der Waals surface area contributed by atoms with Gasteiger partial charge in [-0.25, -0.2) is 4.79 Å². The van der Waals surface area contributed by atoms with Gasteiger partial charge in [-0.15, -0.1) is 11.6 Å². The van der Waals surface area contributed by atoms with Crippen molar-refractivity contribution in [3.63, 3.8) is 0 Å². The highest BCUT2D eigenvalue weighted by Gasteiger charge is 2.24. The maximum atomic E-state index is 11.5. The van der Waals surface area contributed by atoms with E-state index in [-0.39, 0.29) is 11.8 Å². The number of halogens is 1. The van der Waals surface area contributed by atoms with E-state index in [1.54, 1.807) is 0 Å². The third-order valence-corrected chi connectivity index (χ3v) is 2.49. The summed E-state index contributed by atoms with van der Waals surface area (Å²) in [5.41, 5.74) is 0. The van der Waals surface area contributed by atoms with E-state index < -0.39 is 12.0 Å². The van der Waals surface area contributed by atoms with Crippen molar-refractivity contribution in [2.24, 2.45) is 5.92 Å². The van der Waals surface area contributed by atoms with Gasteiger partial charge in [0.15, 0.2) is 0 Å². The maximum absolute atomic E-state index is 11.5. The molecule has 1 atom stereocenters. The first-order valence-corrected chi connectivity index (χ1v) is 5.99. The number of alkyl halides is 1. The minimum atomic E-state index is -0.562. The van der Waals surface area contributed by atoms with Gasteiger partial charge in [0.1, 0.15) is 6.04 Å². The monoisotopic (exact) mass is 249 g/mol. The van der Waals surface area contributed by atoms with Crippen LogP contribution in [0.15, 0.2) is 0 Å². The third-order valence-electron chi connectivity index (χ3n) is 2.23. The lowest BCUT2D eigenvalue weighted by atomic mass is 10.0. The molecule has 1 N–H and O–H groups in total. The number of unbranched alkanes of at least 4 members (excludes halogenated alkanes) is 1. The summed E-state index contributed by atoms with van der Waals surface area (Å²) in [6.07, 6.45) is 1.94. The number of hydrogen-bond donors (Lipinski definition) is 1. The van der Waals surface area contributed by atoms with E-state index in [2.05, 4.69) is 10.1 Å². The second kappa shape index (κ2) is 8.39. The molecule has 4 nitrogen and oxygen atoms in total. The van der Waals surface area contributed by atoms with Crippen molar-refractivity contribution in [2.45, 2.75) is 39.2 Å². The van der Waals surface area contributed by atoms with Crippen LogP contribution in [-0.2, 0) is 14.3 Å². The minimum absolute atomic E-state index is 0.0180. The maximum Gasteiger partial charge on any atom is 0.328 e. The smallest absolute Gasteiger partial charge is 0.328 e. The van der Waals surface area contributed by atoms with E-state index in [1.165, 1.54) is 7.11 Å². The average molecular weight is 250 g/mol. The third kappa shape index (κ3) is 5.95. The molecule has 0 aliphatic rings. The van der Waals surface area contributed by atoms with E-state index in [1.807, 2.05) is 13.8 Å². The number of carbonyl (C=O) groups is 2. The number of hydrogen-bond acceptors (Lipinski definition) is 3. The molecule has 0 saturated carbocycles. The van der Waals surface area contributed by atoms with Gasteiger partial charge in [0.2, 0.25) is 5.91 Å². The molecule has 0 spiro atoms. The standard InChI is InChI=1S/C11H20ClNO3/c1-8(2)10(11(15)16-3)13-9(14)6-4-5-7-12/h8,10H,4-7H2,1-3H3,(H,13,14). The fourth-order valence-corrected chi connectivity index (χ4v) is 1.44. The minimum Gasteiger partial charge on any atom is -0.467 e. The first kappa shape index (κ1) is 15.2. The van der Waals surface area contributed by atoms with E-state index in [0.717, 1.165) is 12.8 Å². The molecule has 0 radical (unpaired) electrons. The molecule has 0 aromatic carbocycles. The van der Waals surface area contributed by atoms with Gasteiger partial charge in [0.05, 0.1) is 7.11 Å². The molecule has 0 heterocycles. The van der Waals surface area contributed by atoms with Gasteiger partial charge in [-0.1, -0.05) is 13.8 Å². The number of rotatable bonds is 7. The molecule has 0 aliphatic carbocycles. The quantitative estimate of drug-likeness (QED) is 0.425. The van der Waals surface area contributed by atoms with Crippen LogP contribution in [0.3, 0.4) is 0 Å². The Morgan fingerprint density at radius 1 is 1.31 bits per heavy atom. The zero-order valence-corrected chi connectivity index (χ0v) is 10.8. The van der Waals surface area contributed by atoms with Crippen molar-refractivity contribution in [1.29, 1.82) is 0 Å². The van der Waals surface area contributed by atoms with Crippen LogP contribution in [0.1, 0.15) is 33.1 Å². The molecule has 1 unspecified atom stereocenters. The van der Waals surface area contributed by atoms with Crippen LogP contribution in [0.5, 0.6) is 0 Å². The largest absolute Gasteiger partial charge is 0.467 e. The van der Waals surface area contributed by atoms with E-state index in [4.69, 9.17) is 11.6 Å². The Hall–Kier alpha value is -0.770. The molecule has 0 aromatic rings. The Kier molecular flexibility index (Phi) is 7.99. The fourth-order valence-electron chi connectivity index (χ4n) is 1.25. The highest BCUT2D eigenvalue weighted by Crippen LogP contribution is 2.05. The Morgan fingerprint density at radius 3 is 2.38 bits per heavy atom. The molecule has 1 amide bonds. The molecule has 0 rings (SSSR count). The van der Waals surface area contributed by atoms with Crippen LogP contribution in [-0.4, -0.2) is 30.9 Å². The average Bonchev–Trinajstić information content (AvgIpc) is 2.25. The zero-order chi connectivity index (χ0) is 12.6. The summed E-state index contributed by atoms with van der Waals surface area (Å²) >= 11 is 5.51. The SMILES string of the molecule is COC(=O)C(NC(=O)CCCCCl)C(C)C. The number of methoxy groups -OCH3 is 1. The number of esters is 1. The lowest BCUT2D eigenvalue weighted by Gasteiger charge is -2.19. The van der Waals surface area contributed by atoms with Crippen LogP contribution in [0.2, 0.25) is 0 Å². The first-order chi connectivity index (χ1) is 7.52. The topological polar surface area (TPSA) is 55.4 Å². The van der Waals surface area contributed by atoms with Crippen molar-refractivity contribution >= 4 is 23.5 Å². The highest BCUT2D eigenvalue weighted by atomic mass is 35.5. The summed E-state index contributed by atoms with van der Waals surface area (Å²) in [5.74, 6) is 0.0390. The molecular formula is C11H20ClNO3. The predicted octanol–water partition coefficient (Wildman–Crippen LogP) is 1.71. The van der Waals surface area contributed by atoms with Gasteiger partial charge < -0.3 is 10.1 Å². The van der Waals surface area contributed by atoms with E-state index >= 15 is 0 Å². The Morgan fingerprint density at radius 2 is 1.94 bits per heavy atom. The van der Waals surface area contributed by atoms with Crippen LogP contribution in [0, 0.1) is 5.92 Å². The zero-order valence-electron chi connectivity index (χ0n) is 10.1. The lowest BCUT2D eigenvalue weighted by Crippen LogP contribution is -2.44. The summed E-state index contributed by atoms with van der Waals surface area (Å²) in [6.45, 7) is 3.72. The summed E-state index contributed by atoms with van der Waals surface area (Å²) < 4.78 is 4.63. The van der Waals surface area contributed by atoms with Crippen molar-refractivity contribution in [1.82, 2.24) is 5.32 Å². The van der Waals surface area contributed by atoms with Crippen molar-refractivity contribution in [3.8, 4) is 0 Å². The van der Waals surface area contributed by atoms with Crippen molar-refractivity contribution in [2.75, 3.05) is 13.0 Å². The molecule has 0 aliphatic heterocycles. The second-order valence-corrected chi connectivity index (χ2v) is 4.34. The van der Waals surface area contributed by atoms with Gasteiger partial charge in [-0.3, -0.25) is 4.79 Å². The molecule has 16 heavy (non-hydrogen) atoms. The molecule has 94 valence electrons. The molecule has 5 heteroatoms. The number of carbonyl (C=O) groups excluding carboxylic acids is 2. The highest BCUT2D eigenvalue weighted by molar-refractivity contribution is 6.17. The van der Waals surface area contributed by atoms with E-state index in [0.29, 0.717) is 12.3 Å². The van der Waals surface area contributed by atoms with Crippen LogP contribution >= 0.6 is 11.6 Å². The van der Waals surface area contributed by atoms with Gasteiger partial charge in [-0.05, 0) is 18.8 Å². The Bertz CT molecular complexity index is 231. The summed E-state index contributed by atoms with van der Waals surface area (Å²) in [4.78, 5) is 22.9. The fraction of sp³-hybridized carbons (Fsp3) is 0.818. The second-order valence-electron chi connectivity index (χ2n) is 3.96. The normalized spacial score (nSPS) is 12.3. The first-order valence-electron chi connectivity index (χ1n) is 5.46. The van der Waals surface area contributed by atoms with Crippen molar-refractivity contribution < 1.29 is 14.3 Å². The van der Waals surface area contributed by atoms with Gasteiger partial charge >= 0.3 is 5.97 Å². The summed E-state index contributed by atoms with van der Waals surface area (Å²) in [5, 5.41) is 2.67. The summed E-state index contributed by atoms with van der Waals surface area (Å²) in [7, 11) is 1.32. The molecule has 0 fully saturated rings. The number of nitrogens with one attached hydrogen (secondary N) is 1. The van der Waals surface area contributed by atoms with Crippen LogP contribution < -0.4 is 5.32 Å². The number of amides is 1. The molecule has 0 aromatic heterocycles. The van der Waals surface area contributed by atoms with Gasteiger partial charge in [0.25, 0.3) is 0 Å². The Balaban J connectivity index is 4.09. The predicted molar refractivity (Wildman–Crippen MR) is 63.4 cm³/mol. The summed E-state index contributed by atoms with van der Waals surface area (Å²) in [6, 6.07) is -0.562. The van der Waals surface area contributed by atoms with Crippen LogP contribution in [0.25, 0.3) is 0 Å². The molecule has 0 bridgehead atoms. The number of ether oxygens (including phenoxy) is 1. The van der Waals surface area contributed by atoms with Crippen molar-refractivity contribution in [3.05, 3.63) is 0 Å².